The predicted molar refractivity (Wildman–Crippen MR) is 101 cm³/mol. The Kier molecular flexibility index (Phi) is 3.55. The van der Waals surface area contributed by atoms with Gasteiger partial charge in [-0.2, -0.15) is 0 Å². The molecule has 3 aliphatic heterocycles. The van der Waals surface area contributed by atoms with Gasteiger partial charge in [0.25, 0.3) is 0 Å². The molecule has 0 aromatic carbocycles. The molecule has 6 atom stereocenters. The SMILES string of the molecule is C[N+]1(C)C2CC(OC(=O)C(O)(C3=CCCS3)c3cccs3)CC13C(O)C23. The van der Waals surface area contributed by atoms with Gasteiger partial charge in [-0.3, -0.25) is 0 Å². The molecule has 4 fully saturated rings. The highest BCUT2D eigenvalue weighted by molar-refractivity contribution is 8.03. The zero-order valence-corrected chi connectivity index (χ0v) is 16.6. The fourth-order valence-corrected chi connectivity index (χ4v) is 7.74. The smallest absolute Gasteiger partial charge is 0.349 e. The molecule has 140 valence electrons. The number of thiophene rings is 1. The zero-order valence-electron chi connectivity index (χ0n) is 14.9. The number of esters is 1. The molecule has 2 N–H and O–H groups in total. The Hall–Kier alpha value is -0.860. The Morgan fingerprint density at radius 3 is 2.85 bits per heavy atom. The monoisotopic (exact) mass is 394 g/mol. The van der Waals surface area contributed by atoms with Gasteiger partial charge in [0.1, 0.15) is 29.7 Å². The maximum Gasteiger partial charge on any atom is 0.349 e. The summed E-state index contributed by atoms with van der Waals surface area (Å²) in [5.41, 5.74) is -1.84. The van der Waals surface area contributed by atoms with Crippen molar-refractivity contribution in [2.75, 3.05) is 19.8 Å². The lowest BCUT2D eigenvalue weighted by Gasteiger charge is -2.58. The highest BCUT2D eigenvalue weighted by Crippen LogP contribution is 2.71. The molecular weight excluding hydrogens is 370 g/mol. The van der Waals surface area contributed by atoms with Crippen LogP contribution in [0.25, 0.3) is 0 Å². The van der Waals surface area contributed by atoms with Crippen LogP contribution in [0.1, 0.15) is 24.1 Å². The second kappa shape index (κ2) is 5.35. The Labute approximate surface area is 161 Å². The van der Waals surface area contributed by atoms with E-state index in [4.69, 9.17) is 4.74 Å². The molecular formula is C19H24NO4S2+. The molecule has 0 radical (unpaired) electrons. The number of carbonyl (C=O) groups excluding carboxylic acids is 1. The number of likely N-dealkylation sites (N-methyl/N-ethyl adjacent to an activating group) is 1. The van der Waals surface area contributed by atoms with Crippen molar-refractivity contribution >= 4 is 29.1 Å². The largest absolute Gasteiger partial charge is 0.459 e. The van der Waals surface area contributed by atoms with Gasteiger partial charge in [-0.15, -0.1) is 23.1 Å². The average Bonchev–Trinajstić information content (AvgIpc) is 3.14. The first-order chi connectivity index (χ1) is 12.3. The standard InChI is InChI=1S/C19H24NO4S2/c1-20(2)12-9-11(10-18(20)15(12)16(18)21)24-17(22)19(23,13-5-3-7-25-13)14-6-4-8-26-14/h3,5-7,11-12,15-16,21,23H,4,8-10H2,1-2H3/q+1. The molecule has 4 heterocycles. The number of ether oxygens (including phenoxy) is 1. The molecule has 1 aromatic rings. The first-order valence-electron chi connectivity index (χ1n) is 9.16. The third-order valence-electron chi connectivity index (χ3n) is 7.20. The van der Waals surface area contributed by atoms with E-state index in [1.54, 1.807) is 6.07 Å². The predicted octanol–water partition coefficient (Wildman–Crippen LogP) is 1.85. The first-order valence-corrected chi connectivity index (χ1v) is 11.0. The molecule has 6 rings (SSSR count). The number of aliphatic hydroxyl groups is 2. The molecule has 7 heteroatoms. The number of piperidine rings is 1. The topological polar surface area (TPSA) is 66.8 Å². The maximum absolute atomic E-state index is 13.1. The number of carbonyl (C=O) groups is 1. The van der Waals surface area contributed by atoms with E-state index in [1.807, 2.05) is 17.5 Å². The first kappa shape index (κ1) is 17.3. The summed E-state index contributed by atoms with van der Waals surface area (Å²) in [6.45, 7) is 0. The van der Waals surface area contributed by atoms with Crippen molar-refractivity contribution in [1.29, 1.82) is 0 Å². The molecule has 5 aliphatic rings. The number of quaternary nitrogens is 1. The summed E-state index contributed by atoms with van der Waals surface area (Å²) in [4.78, 5) is 14.4. The van der Waals surface area contributed by atoms with Crippen molar-refractivity contribution in [2.24, 2.45) is 5.92 Å². The van der Waals surface area contributed by atoms with Crippen LogP contribution in [0, 0.1) is 5.92 Å². The lowest BCUT2D eigenvalue weighted by molar-refractivity contribution is -0.995. The van der Waals surface area contributed by atoms with E-state index in [0.29, 0.717) is 28.2 Å². The molecule has 1 aromatic heterocycles. The number of hydrogen-bond donors (Lipinski definition) is 2. The lowest BCUT2D eigenvalue weighted by atomic mass is 9.75. The van der Waals surface area contributed by atoms with Crippen LogP contribution in [-0.4, -0.2) is 64.3 Å². The Balaban J connectivity index is 1.38. The molecule has 2 aliphatic carbocycles. The number of aliphatic hydroxyl groups excluding tert-OH is 1. The zero-order chi connectivity index (χ0) is 18.3. The van der Waals surface area contributed by atoms with E-state index >= 15 is 0 Å². The number of rotatable bonds is 4. The van der Waals surface area contributed by atoms with Gasteiger partial charge in [0.2, 0.25) is 5.60 Å². The summed E-state index contributed by atoms with van der Waals surface area (Å²) >= 11 is 2.90. The minimum atomic E-state index is -1.69. The van der Waals surface area contributed by atoms with Gasteiger partial charge in [0, 0.05) is 23.5 Å². The summed E-state index contributed by atoms with van der Waals surface area (Å²) in [7, 11) is 4.33. The minimum Gasteiger partial charge on any atom is -0.459 e. The molecule has 0 amide bonds. The van der Waals surface area contributed by atoms with Crippen LogP contribution in [0.5, 0.6) is 0 Å². The molecule has 1 spiro atoms. The van der Waals surface area contributed by atoms with Gasteiger partial charge >= 0.3 is 5.97 Å². The summed E-state index contributed by atoms with van der Waals surface area (Å²) in [5.74, 6) is 0.668. The van der Waals surface area contributed by atoms with Gasteiger partial charge in [-0.1, -0.05) is 12.1 Å². The molecule has 5 nitrogen and oxygen atoms in total. The number of thioether (sulfide) groups is 1. The van der Waals surface area contributed by atoms with Crippen molar-refractivity contribution in [3.05, 3.63) is 33.4 Å². The van der Waals surface area contributed by atoms with Gasteiger partial charge in [0.15, 0.2) is 0 Å². The third-order valence-corrected chi connectivity index (χ3v) is 9.40. The van der Waals surface area contributed by atoms with Gasteiger partial charge in [-0.25, -0.2) is 4.79 Å². The maximum atomic E-state index is 13.1. The fourth-order valence-electron chi connectivity index (χ4n) is 5.75. The summed E-state index contributed by atoms with van der Waals surface area (Å²) in [6, 6.07) is 3.98. The number of nitrogens with zero attached hydrogens (tertiary/aromatic N) is 1. The van der Waals surface area contributed by atoms with Crippen molar-refractivity contribution in [3.63, 3.8) is 0 Å². The number of allylic oxidation sites excluding steroid dienone is 1. The van der Waals surface area contributed by atoms with Crippen LogP contribution in [-0.2, 0) is 15.1 Å². The van der Waals surface area contributed by atoms with Crippen molar-refractivity contribution < 1.29 is 24.2 Å². The van der Waals surface area contributed by atoms with Gasteiger partial charge in [0.05, 0.1) is 19.0 Å². The number of fused-ring (bicyclic) bond motifs is 2. The lowest BCUT2D eigenvalue weighted by Crippen LogP contribution is -2.73. The van der Waals surface area contributed by atoms with E-state index in [2.05, 4.69) is 14.1 Å². The fraction of sp³-hybridized carbons (Fsp3) is 0.632. The van der Waals surface area contributed by atoms with Crippen LogP contribution in [0.4, 0.5) is 0 Å². The van der Waals surface area contributed by atoms with Crippen LogP contribution >= 0.6 is 23.1 Å². The minimum absolute atomic E-state index is 0.143. The van der Waals surface area contributed by atoms with E-state index in [1.165, 1.54) is 23.1 Å². The molecule has 26 heavy (non-hydrogen) atoms. The van der Waals surface area contributed by atoms with Crippen molar-refractivity contribution in [3.8, 4) is 0 Å². The number of hydrogen-bond acceptors (Lipinski definition) is 6. The summed E-state index contributed by atoms with van der Waals surface area (Å²) < 4.78 is 6.69. The highest BCUT2D eigenvalue weighted by atomic mass is 32.2. The Morgan fingerprint density at radius 1 is 1.46 bits per heavy atom. The van der Waals surface area contributed by atoms with Crippen LogP contribution in [0.3, 0.4) is 0 Å². The van der Waals surface area contributed by atoms with E-state index in [-0.39, 0.29) is 17.7 Å². The van der Waals surface area contributed by atoms with Crippen LogP contribution in [0.15, 0.2) is 28.5 Å². The summed E-state index contributed by atoms with van der Waals surface area (Å²) in [6.07, 6.45) is 3.73. The Morgan fingerprint density at radius 2 is 2.27 bits per heavy atom. The van der Waals surface area contributed by atoms with Gasteiger partial charge in [-0.05, 0) is 17.9 Å². The molecule has 6 unspecified atom stereocenters. The average molecular weight is 395 g/mol. The quantitative estimate of drug-likeness (QED) is 0.603. The molecule has 2 bridgehead atoms. The van der Waals surface area contributed by atoms with E-state index in [9.17, 15) is 15.0 Å². The Bertz CT molecular complexity index is 791. The normalized spacial score (nSPS) is 41.5. The van der Waals surface area contributed by atoms with E-state index < -0.39 is 11.6 Å². The van der Waals surface area contributed by atoms with Crippen molar-refractivity contribution in [1.82, 2.24) is 0 Å². The molecule has 2 saturated carbocycles. The highest BCUT2D eigenvalue weighted by Gasteiger charge is 2.91. The molecule has 2 saturated heterocycles. The third kappa shape index (κ3) is 1.91. The van der Waals surface area contributed by atoms with E-state index in [0.717, 1.165) is 23.1 Å². The summed E-state index contributed by atoms with van der Waals surface area (Å²) in [5, 5.41) is 23.6. The van der Waals surface area contributed by atoms with Crippen LogP contribution in [0.2, 0.25) is 0 Å². The van der Waals surface area contributed by atoms with Gasteiger partial charge < -0.3 is 19.4 Å². The second-order valence-electron chi connectivity index (χ2n) is 8.43. The van der Waals surface area contributed by atoms with Crippen molar-refractivity contribution in [2.45, 2.75) is 48.7 Å². The second-order valence-corrected chi connectivity index (χ2v) is 10.5. The van der Waals surface area contributed by atoms with Crippen LogP contribution < -0.4 is 0 Å².